The van der Waals surface area contributed by atoms with Gasteiger partial charge in [0.1, 0.15) is 17.7 Å². The first-order valence-corrected chi connectivity index (χ1v) is 8.43. The number of benzene rings is 1. The van der Waals surface area contributed by atoms with Gasteiger partial charge in [0, 0.05) is 11.6 Å². The monoisotopic (exact) mass is 374 g/mol. The molecule has 28 heavy (non-hydrogen) atoms. The van der Waals surface area contributed by atoms with E-state index in [1.165, 1.54) is 12.4 Å². The Kier molecular flexibility index (Phi) is 4.46. The van der Waals surface area contributed by atoms with Gasteiger partial charge in [0.2, 0.25) is 0 Å². The third kappa shape index (κ3) is 3.40. The number of aromatic nitrogens is 4. The normalized spacial score (nSPS) is 13.1. The van der Waals surface area contributed by atoms with Crippen LogP contribution in [0.3, 0.4) is 0 Å². The second-order valence-electron chi connectivity index (χ2n) is 6.03. The van der Waals surface area contributed by atoms with Crippen molar-refractivity contribution in [2.75, 3.05) is 0 Å². The number of nitrogens with zero attached hydrogens (tertiary/aromatic N) is 4. The third-order valence-corrected chi connectivity index (χ3v) is 4.10. The summed E-state index contributed by atoms with van der Waals surface area (Å²) in [5, 5.41) is 2.65. The van der Waals surface area contributed by atoms with Gasteiger partial charge in [-0.3, -0.25) is 15.5 Å². The van der Waals surface area contributed by atoms with E-state index in [9.17, 15) is 4.79 Å². The molecule has 4 rings (SSSR count). The van der Waals surface area contributed by atoms with Crippen LogP contribution in [0.2, 0.25) is 0 Å². The van der Waals surface area contributed by atoms with E-state index in [0.717, 1.165) is 0 Å². The summed E-state index contributed by atoms with van der Waals surface area (Å²) in [6.07, 6.45) is 2.85. The van der Waals surface area contributed by atoms with Crippen LogP contribution in [0.1, 0.15) is 16.2 Å². The molecule has 3 heterocycles. The van der Waals surface area contributed by atoms with Gasteiger partial charge in [0.05, 0.1) is 16.9 Å². The molecule has 0 radical (unpaired) electrons. The van der Waals surface area contributed by atoms with Gasteiger partial charge < -0.3 is 5.32 Å². The molecule has 8 heteroatoms. The van der Waals surface area contributed by atoms with E-state index in [1.807, 2.05) is 0 Å². The summed E-state index contributed by atoms with van der Waals surface area (Å²) in [7, 11) is 0. The Bertz CT molecular complexity index is 1140. The molecule has 0 saturated carbocycles. The molecule has 0 aliphatic rings. The summed E-state index contributed by atoms with van der Waals surface area (Å²) in [4.78, 5) is 29.1. The fourth-order valence-electron chi connectivity index (χ4n) is 2.77. The molecule has 0 aliphatic carbocycles. The predicted molar refractivity (Wildman–Crippen MR) is 101 cm³/mol. The SMILES string of the molecule is NC(F)(NC(=O)c1ncnc2ccccc12)c1cccc(-c2ccccn2)n1. The first-order chi connectivity index (χ1) is 13.5. The number of rotatable bonds is 4. The maximum Gasteiger partial charge on any atom is 0.279 e. The smallest absolute Gasteiger partial charge is 0.279 e. The van der Waals surface area contributed by atoms with Crippen LogP contribution in [0.4, 0.5) is 4.39 Å². The number of pyridine rings is 2. The highest BCUT2D eigenvalue weighted by atomic mass is 19.1. The number of alkyl halides is 1. The number of carbonyl (C=O) groups excluding carboxylic acids is 1. The zero-order chi connectivity index (χ0) is 19.6. The maximum absolute atomic E-state index is 15.2. The highest BCUT2D eigenvalue weighted by Crippen LogP contribution is 2.21. The summed E-state index contributed by atoms with van der Waals surface area (Å²) in [5.41, 5.74) is 7.19. The Morgan fingerprint density at radius 3 is 2.54 bits per heavy atom. The second-order valence-corrected chi connectivity index (χ2v) is 6.03. The Hall–Kier alpha value is -3.78. The minimum absolute atomic E-state index is 0.0268. The number of nitrogens with one attached hydrogen (secondary N) is 1. The minimum atomic E-state index is -2.70. The molecule has 1 atom stereocenters. The number of carbonyl (C=O) groups is 1. The molecule has 0 fully saturated rings. The molecule has 3 N–H and O–H groups in total. The van der Waals surface area contributed by atoms with Gasteiger partial charge in [0.15, 0.2) is 0 Å². The predicted octanol–water partition coefficient (Wildman–Crippen LogP) is 2.56. The average Bonchev–Trinajstić information content (AvgIpc) is 2.74. The van der Waals surface area contributed by atoms with Crippen molar-refractivity contribution >= 4 is 16.8 Å². The lowest BCUT2D eigenvalue weighted by molar-refractivity contribution is 0.0698. The Morgan fingerprint density at radius 2 is 1.71 bits per heavy atom. The van der Waals surface area contributed by atoms with E-state index in [4.69, 9.17) is 5.73 Å². The number of para-hydroxylation sites is 1. The number of fused-ring (bicyclic) bond motifs is 1. The van der Waals surface area contributed by atoms with Crippen LogP contribution in [0.5, 0.6) is 0 Å². The second kappa shape index (κ2) is 7.09. The van der Waals surface area contributed by atoms with Crippen LogP contribution in [0.25, 0.3) is 22.3 Å². The van der Waals surface area contributed by atoms with Crippen molar-refractivity contribution in [3.05, 3.63) is 84.6 Å². The highest BCUT2D eigenvalue weighted by Gasteiger charge is 2.32. The molecule has 1 aromatic carbocycles. The van der Waals surface area contributed by atoms with Crippen molar-refractivity contribution in [3.63, 3.8) is 0 Å². The van der Waals surface area contributed by atoms with Gasteiger partial charge in [-0.2, -0.15) is 4.39 Å². The number of halogens is 1. The molecule has 0 aliphatic heterocycles. The van der Waals surface area contributed by atoms with Gasteiger partial charge in [-0.05, 0) is 30.3 Å². The lowest BCUT2D eigenvalue weighted by atomic mass is 10.1. The Morgan fingerprint density at radius 1 is 0.929 bits per heavy atom. The maximum atomic E-state index is 15.2. The molecule has 4 aromatic rings. The molecule has 1 unspecified atom stereocenters. The lowest BCUT2D eigenvalue weighted by Crippen LogP contribution is -2.50. The van der Waals surface area contributed by atoms with Crippen LogP contribution < -0.4 is 11.1 Å². The third-order valence-electron chi connectivity index (χ3n) is 4.10. The quantitative estimate of drug-likeness (QED) is 0.420. The van der Waals surface area contributed by atoms with Crippen molar-refractivity contribution in [3.8, 4) is 11.4 Å². The largest absolute Gasteiger partial charge is 0.301 e. The molecular weight excluding hydrogens is 359 g/mol. The van der Waals surface area contributed by atoms with E-state index < -0.39 is 11.8 Å². The average molecular weight is 374 g/mol. The summed E-state index contributed by atoms with van der Waals surface area (Å²) >= 11 is 0. The van der Waals surface area contributed by atoms with E-state index >= 15 is 4.39 Å². The van der Waals surface area contributed by atoms with Crippen LogP contribution in [-0.2, 0) is 5.92 Å². The number of amides is 1. The fourth-order valence-corrected chi connectivity index (χ4v) is 2.77. The fraction of sp³-hybridized carbons (Fsp3) is 0.0500. The zero-order valence-electron chi connectivity index (χ0n) is 14.6. The van der Waals surface area contributed by atoms with Crippen LogP contribution >= 0.6 is 0 Å². The lowest BCUT2D eigenvalue weighted by Gasteiger charge is -2.21. The van der Waals surface area contributed by atoms with Gasteiger partial charge in [-0.25, -0.2) is 15.0 Å². The summed E-state index contributed by atoms with van der Waals surface area (Å²) in [6.45, 7) is 0. The molecule has 1 amide bonds. The van der Waals surface area contributed by atoms with E-state index in [2.05, 4.69) is 25.3 Å². The first-order valence-electron chi connectivity index (χ1n) is 8.43. The van der Waals surface area contributed by atoms with E-state index in [0.29, 0.717) is 22.3 Å². The van der Waals surface area contributed by atoms with Gasteiger partial charge in [-0.1, -0.05) is 30.3 Å². The standard InChI is InChI=1S/C20H15FN6O/c21-20(22,17-10-5-9-16(26-17)15-8-3-4-11-23-15)27-19(28)18-13-6-1-2-7-14(13)24-12-25-18/h1-12H,22H2,(H,27,28). The Balaban J connectivity index is 1.65. The van der Waals surface area contributed by atoms with Crippen LogP contribution in [0, 0.1) is 0 Å². The molecular formula is C20H15FN6O. The topological polar surface area (TPSA) is 107 Å². The minimum Gasteiger partial charge on any atom is -0.301 e. The van der Waals surface area contributed by atoms with Crippen molar-refractivity contribution in [1.82, 2.24) is 25.3 Å². The van der Waals surface area contributed by atoms with Crippen molar-refractivity contribution in [2.24, 2.45) is 5.73 Å². The molecule has 0 bridgehead atoms. The van der Waals surface area contributed by atoms with Crippen LogP contribution in [-0.4, -0.2) is 25.8 Å². The molecule has 7 nitrogen and oxygen atoms in total. The van der Waals surface area contributed by atoms with E-state index in [-0.39, 0.29) is 11.4 Å². The van der Waals surface area contributed by atoms with Gasteiger partial charge >= 0.3 is 0 Å². The van der Waals surface area contributed by atoms with Crippen molar-refractivity contribution < 1.29 is 9.18 Å². The van der Waals surface area contributed by atoms with Crippen molar-refractivity contribution in [2.45, 2.75) is 5.92 Å². The van der Waals surface area contributed by atoms with Gasteiger partial charge in [0.25, 0.3) is 11.8 Å². The number of nitrogens with two attached hydrogens (primary N) is 1. The number of hydrogen-bond acceptors (Lipinski definition) is 6. The molecule has 138 valence electrons. The summed E-state index contributed by atoms with van der Waals surface area (Å²) in [5.74, 6) is -3.47. The van der Waals surface area contributed by atoms with E-state index in [1.54, 1.807) is 60.8 Å². The van der Waals surface area contributed by atoms with Crippen molar-refractivity contribution in [1.29, 1.82) is 0 Å². The number of hydrogen-bond donors (Lipinski definition) is 2. The van der Waals surface area contributed by atoms with Gasteiger partial charge in [-0.15, -0.1) is 0 Å². The summed E-state index contributed by atoms with van der Waals surface area (Å²) < 4.78 is 15.2. The van der Waals surface area contributed by atoms with Crippen LogP contribution in [0.15, 0.2) is 73.2 Å². The molecule has 0 saturated heterocycles. The molecule has 3 aromatic heterocycles. The molecule has 0 spiro atoms. The first kappa shape index (κ1) is 17.6. The highest BCUT2D eigenvalue weighted by molar-refractivity contribution is 6.04. The Labute approximate surface area is 159 Å². The zero-order valence-corrected chi connectivity index (χ0v) is 14.6. The summed E-state index contributed by atoms with van der Waals surface area (Å²) in [6, 6.07) is 16.9.